The predicted octanol–water partition coefficient (Wildman–Crippen LogP) is 1.87. The van der Waals surface area contributed by atoms with E-state index in [-0.39, 0.29) is 5.56 Å². The molecule has 1 aliphatic rings. The Balaban J connectivity index is 2.38. The number of allylic oxidation sites excluding steroid dienone is 3. The number of ketones is 1. The molecule has 1 aromatic carbocycles. The minimum Gasteiger partial charge on any atom is -0.283 e. The van der Waals surface area contributed by atoms with Gasteiger partial charge in [0.15, 0.2) is 0 Å². The second-order valence-electron chi connectivity index (χ2n) is 3.71. The van der Waals surface area contributed by atoms with Gasteiger partial charge in [0.1, 0.15) is 0 Å². The van der Waals surface area contributed by atoms with Crippen LogP contribution in [0.3, 0.4) is 0 Å². The van der Waals surface area contributed by atoms with Gasteiger partial charge in [-0.05, 0) is 19.1 Å². The molecule has 0 bridgehead atoms. The normalized spacial score (nSPS) is 14.8. The van der Waals surface area contributed by atoms with Gasteiger partial charge < -0.3 is 0 Å². The first kappa shape index (κ1) is 12.0. The lowest BCUT2D eigenvalue weighted by atomic mass is 10.1. The molecule has 4 nitrogen and oxygen atoms in total. The fourth-order valence-electron chi connectivity index (χ4n) is 1.73. The third-order valence-corrected chi connectivity index (χ3v) is 2.55. The van der Waals surface area contributed by atoms with Crippen LogP contribution in [0.25, 0.3) is 0 Å². The lowest BCUT2D eigenvalue weighted by molar-refractivity contribution is -0.121. The van der Waals surface area contributed by atoms with Gasteiger partial charge in [-0.1, -0.05) is 30.4 Å². The van der Waals surface area contributed by atoms with Crippen molar-refractivity contribution < 1.29 is 14.4 Å². The average Bonchev–Trinajstić information content (AvgIpc) is 2.63. The number of para-hydroxylation sites is 1. The van der Waals surface area contributed by atoms with E-state index in [1.165, 1.54) is 12.2 Å². The molecule has 0 spiro atoms. The monoisotopic (exact) mass is 241 g/mol. The van der Waals surface area contributed by atoms with Crippen LogP contribution in [0.5, 0.6) is 0 Å². The van der Waals surface area contributed by atoms with Crippen molar-refractivity contribution in [2.75, 3.05) is 4.90 Å². The van der Waals surface area contributed by atoms with Gasteiger partial charge in [0, 0.05) is 6.08 Å². The van der Waals surface area contributed by atoms with E-state index in [4.69, 9.17) is 0 Å². The molecular weight excluding hydrogens is 230 g/mol. The Hall–Kier alpha value is -2.49. The molecule has 0 aromatic heterocycles. The summed E-state index contributed by atoms with van der Waals surface area (Å²) in [6.07, 6.45) is 6.22. The van der Waals surface area contributed by atoms with E-state index in [9.17, 15) is 14.4 Å². The molecule has 0 saturated carbocycles. The first-order chi connectivity index (χ1) is 8.66. The fraction of sp³-hybridized carbons (Fsp3) is 0.0714. The maximum Gasteiger partial charge on any atom is 0.306 e. The zero-order valence-corrected chi connectivity index (χ0v) is 9.79. The Morgan fingerprint density at radius 3 is 2.61 bits per heavy atom. The summed E-state index contributed by atoms with van der Waals surface area (Å²) < 4.78 is 0. The van der Waals surface area contributed by atoms with Gasteiger partial charge in [-0.25, -0.2) is 4.90 Å². The van der Waals surface area contributed by atoms with Crippen LogP contribution >= 0.6 is 0 Å². The van der Waals surface area contributed by atoms with Crippen molar-refractivity contribution >= 4 is 23.3 Å². The number of fused-ring (bicyclic) bond motifs is 1. The van der Waals surface area contributed by atoms with E-state index in [0.717, 1.165) is 4.90 Å². The lowest BCUT2D eigenvalue weighted by Gasteiger charge is -2.11. The van der Waals surface area contributed by atoms with Crippen LogP contribution in [-0.2, 0) is 9.59 Å². The number of benzene rings is 1. The van der Waals surface area contributed by atoms with E-state index in [0.29, 0.717) is 5.69 Å². The van der Waals surface area contributed by atoms with Crippen LogP contribution in [0.15, 0.2) is 48.6 Å². The zero-order valence-electron chi connectivity index (χ0n) is 9.79. The Labute approximate surface area is 104 Å². The van der Waals surface area contributed by atoms with Gasteiger partial charge >= 0.3 is 5.91 Å². The first-order valence-electron chi connectivity index (χ1n) is 5.48. The Bertz CT molecular complexity index is 584. The predicted molar refractivity (Wildman–Crippen MR) is 67.2 cm³/mol. The Kier molecular flexibility index (Phi) is 3.19. The van der Waals surface area contributed by atoms with Gasteiger partial charge in [-0.15, -0.1) is 0 Å². The highest BCUT2D eigenvalue weighted by atomic mass is 16.2. The maximum absolute atomic E-state index is 11.9. The number of hydrogen-bond donors (Lipinski definition) is 0. The van der Waals surface area contributed by atoms with Gasteiger partial charge in [0.05, 0.1) is 11.3 Å². The number of nitrogens with zero attached hydrogens (tertiary/aromatic N) is 1. The summed E-state index contributed by atoms with van der Waals surface area (Å²) in [5.74, 6) is -1.96. The van der Waals surface area contributed by atoms with E-state index in [1.807, 2.05) is 6.92 Å². The van der Waals surface area contributed by atoms with Gasteiger partial charge in [-0.2, -0.15) is 0 Å². The molecule has 0 radical (unpaired) electrons. The third kappa shape index (κ3) is 1.88. The van der Waals surface area contributed by atoms with Crippen LogP contribution in [0.1, 0.15) is 17.3 Å². The maximum atomic E-state index is 11.9. The summed E-state index contributed by atoms with van der Waals surface area (Å²) >= 11 is 0. The molecule has 90 valence electrons. The van der Waals surface area contributed by atoms with Gasteiger partial charge in [0.25, 0.3) is 11.7 Å². The molecular formula is C14H11NO3. The lowest BCUT2D eigenvalue weighted by Crippen LogP contribution is -2.34. The number of amides is 2. The van der Waals surface area contributed by atoms with Crippen LogP contribution in [-0.4, -0.2) is 17.6 Å². The molecule has 4 heteroatoms. The average molecular weight is 241 g/mol. The molecule has 0 saturated heterocycles. The summed E-state index contributed by atoms with van der Waals surface area (Å²) in [5, 5.41) is 0. The van der Waals surface area contributed by atoms with Crippen molar-refractivity contribution in [1.82, 2.24) is 0 Å². The van der Waals surface area contributed by atoms with E-state index in [1.54, 1.807) is 36.4 Å². The Morgan fingerprint density at radius 1 is 1.17 bits per heavy atom. The number of carbonyl (C=O) groups excluding carboxylic acids is 3. The Morgan fingerprint density at radius 2 is 1.89 bits per heavy atom. The topological polar surface area (TPSA) is 54.5 Å². The fourth-order valence-corrected chi connectivity index (χ4v) is 1.73. The number of carbonyl (C=O) groups is 3. The molecule has 2 amide bonds. The van der Waals surface area contributed by atoms with E-state index >= 15 is 0 Å². The molecule has 1 aromatic rings. The van der Waals surface area contributed by atoms with E-state index in [2.05, 4.69) is 0 Å². The SMILES string of the molecule is C/C=C/C=C/C(=O)N1C(=O)C(=O)c2ccccc21. The molecule has 0 aliphatic carbocycles. The van der Waals surface area contributed by atoms with Crippen molar-refractivity contribution in [2.24, 2.45) is 0 Å². The second-order valence-corrected chi connectivity index (χ2v) is 3.71. The molecule has 0 unspecified atom stereocenters. The summed E-state index contributed by atoms with van der Waals surface area (Å²) in [4.78, 5) is 36.2. The molecule has 0 N–H and O–H groups in total. The van der Waals surface area contributed by atoms with Crippen molar-refractivity contribution in [1.29, 1.82) is 0 Å². The van der Waals surface area contributed by atoms with Gasteiger partial charge in [-0.3, -0.25) is 14.4 Å². The van der Waals surface area contributed by atoms with Crippen molar-refractivity contribution in [3.63, 3.8) is 0 Å². The smallest absolute Gasteiger partial charge is 0.283 e. The molecule has 18 heavy (non-hydrogen) atoms. The highest BCUT2D eigenvalue weighted by molar-refractivity contribution is 6.56. The number of hydrogen-bond acceptors (Lipinski definition) is 3. The number of Topliss-reactive ketones (excluding diaryl/α,β-unsaturated/α-hetero) is 1. The molecule has 1 aliphatic heterocycles. The van der Waals surface area contributed by atoms with Crippen LogP contribution in [0, 0.1) is 0 Å². The highest BCUT2D eigenvalue weighted by Crippen LogP contribution is 2.28. The number of anilines is 1. The van der Waals surface area contributed by atoms with Crippen molar-refractivity contribution in [2.45, 2.75) is 6.92 Å². The summed E-state index contributed by atoms with van der Waals surface area (Å²) in [6, 6.07) is 6.46. The molecule has 2 rings (SSSR count). The first-order valence-corrected chi connectivity index (χ1v) is 5.48. The third-order valence-electron chi connectivity index (χ3n) is 2.55. The van der Waals surface area contributed by atoms with Crippen molar-refractivity contribution in [3.8, 4) is 0 Å². The highest BCUT2D eigenvalue weighted by Gasteiger charge is 2.38. The number of imide groups is 1. The van der Waals surface area contributed by atoms with Gasteiger partial charge in [0.2, 0.25) is 0 Å². The standard InChI is InChI=1S/C14H11NO3/c1-2-3-4-9-12(16)15-11-8-6-5-7-10(11)13(17)14(15)18/h2-9H,1H3/b3-2+,9-4+. The minimum atomic E-state index is -0.800. The van der Waals surface area contributed by atoms with Crippen LogP contribution in [0.2, 0.25) is 0 Å². The van der Waals surface area contributed by atoms with Crippen LogP contribution < -0.4 is 4.90 Å². The van der Waals surface area contributed by atoms with Crippen molar-refractivity contribution in [3.05, 3.63) is 54.1 Å². The zero-order chi connectivity index (χ0) is 13.1. The minimum absolute atomic E-state index is 0.273. The quantitative estimate of drug-likeness (QED) is 0.451. The molecule has 0 atom stereocenters. The molecule has 1 heterocycles. The summed E-state index contributed by atoms with van der Waals surface area (Å²) in [6.45, 7) is 1.81. The molecule has 0 fully saturated rings. The largest absolute Gasteiger partial charge is 0.306 e. The second kappa shape index (κ2) is 4.79. The summed E-state index contributed by atoms with van der Waals surface area (Å²) in [7, 11) is 0. The van der Waals surface area contributed by atoms with E-state index < -0.39 is 17.6 Å². The number of rotatable bonds is 2. The van der Waals surface area contributed by atoms with Crippen LogP contribution in [0.4, 0.5) is 5.69 Å². The summed E-state index contributed by atoms with van der Waals surface area (Å²) in [5.41, 5.74) is 0.623.